The Kier molecular flexibility index (Phi) is 5.44. The van der Waals surface area contributed by atoms with Gasteiger partial charge in [-0.25, -0.2) is 4.79 Å². The standard InChI is InChI=1S/C17H15ClO4/c1-21-16-8-2-12(3-9-17(19)20)10-13(16)11-22-15-6-4-14(18)5-7-15/h2-10H,11H2,1H3,(H,19,20). The van der Waals surface area contributed by atoms with Crippen LogP contribution >= 0.6 is 11.6 Å². The van der Waals surface area contributed by atoms with Gasteiger partial charge >= 0.3 is 5.97 Å². The van der Waals surface area contributed by atoms with Crippen molar-refractivity contribution >= 4 is 23.6 Å². The van der Waals surface area contributed by atoms with Gasteiger partial charge in [0.25, 0.3) is 0 Å². The second kappa shape index (κ2) is 7.52. The molecular weight excluding hydrogens is 304 g/mol. The summed E-state index contributed by atoms with van der Waals surface area (Å²) < 4.78 is 11.0. The van der Waals surface area contributed by atoms with E-state index in [0.717, 1.165) is 17.2 Å². The van der Waals surface area contributed by atoms with Crippen molar-refractivity contribution in [3.8, 4) is 11.5 Å². The van der Waals surface area contributed by atoms with Crippen molar-refractivity contribution in [1.29, 1.82) is 0 Å². The highest BCUT2D eigenvalue weighted by atomic mass is 35.5. The van der Waals surface area contributed by atoms with E-state index in [4.69, 9.17) is 26.2 Å². The molecule has 0 atom stereocenters. The largest absolute Gasteiger partial charge is 0.496 e. The fourth-order valence-corrected chi connectivity index (χ4v) is 2.00. The molecule has 22 heavy (non-hydrogen) atoms. The molecule has 0 aliphatic carbocycles. The summed E-state index contributed by atoms with van der Waals surface area (Å²) in [5.41, 5.74) is 1.59. The Hall–Kier alpha value is -2.46. The van der Waals surface area contributed by atoms with Crippen LogP contribution in [0.2, 0.25) is 5.02 Å². The number of aliphatic carboxylic acids is 1. The molecule has 0 fully saturated rings. The maximum Gasteiger partial charge on any atom is 0.328 e. The maximum absolute atomic E-state index is 10.6. The molecule has 0 heterocycles. The zero-order valence-corrected chi connectivity index (χ0v) is 12.7. The molecule has 0 aliphatic heterocycles. The lowest BCUT2D eigenvalue weighted by Gasteiger charge is -2.11. The van der Waals surface area contributed by atoms with Crippen LogP contribution in [0.1, 0.15) is 11.1 Å². The summed E-state index contributed by atoms with van der Waals surface area (Å²) in [4.78, 5) is 10.6. The molecule has 0 unspecified atom stereocenters. The monoisotopic (exact) mass is 318 g/mol. The molecule has 0 aromatic heterocycles. The van der Waals surface area contributed by atoms with E-state index in [1.807, 2.05) is 6.07 Å². The van der Waals surface area contributed by atoms with E-state index in [2.05, 4.69) is 0 Å². The van der Waals surface area contributed by atoms with Gasteiger partial charge in [-0.05, 0) is 48.0 Å². The summed E-state index contributed by atoms with van der Waals surface area (Å²) in [6.07, 6.45) is 2.61. The molecule has 0 amide bonds. The van der Waals surface area contributed by atoms with Crippen LogP contribution in [0.15, 0.2) is 48.5 Å². The van der Waals surface area contributed by atoms with Gasteiger partial charge in [-0.3, -0.25) is 0 Å². The van der Waals surface area contributed by atoms with E-state index in [9.17, 15) is 4.79 Å². The molecule has 0 aliphatic rings. The number of hydrogen-bond acceptors (Lipinski definition) is 3. The average molecular weight is 319 g/mol. The highest BCUT2D eigenvalue weighted by Gasteiger charge is 2.05. The molecule has 0 spiro atoms. The Morgan fingerprint density at radius 2 is 1.95 bits per heavy atom. The Labute approximate surface area is 133 Å². The fraction of sp³-hybridized carbons (Fsp3) is 0.118. The number of halogens is 1. The summed E-state index contributed by atoms with van der Waals surface area (Å²) in [6.45, 7) is 0.305. The molecule has 2 aromatic rings. The van der Waals surface area contributed by atoms with Gasteiger partial charge in [-0.2, -0.15) is 0 Å². The van der Waals surface area contributed by atoms with Crippen molar-refractivity contribution in [2.45, 2.75) is 6.61 Å². The smallest absolute Gasteiger partial charge is 0.328 e. The SMILES string of the molecule is COc1ccc(C=CC(=O)O)cc1COc1ccc(Cl)cc1. The molecule has 0 radical (unpaired) electrons. The van der Waals surface area contributed by atoms with Gasteiger partial charge in [-0.15, -0.1) is 0 Å². The van der Waals surface area contributed by atoms with E-state index >= 15 is 0 Å². The van der Waals surface area contributed by atoms with Crippen molar-refractivity contribution in [3.63, 3.8) is 0 Å². The lowest BCUT2D eigenvalue weighted by Crippen LogP contribution is -1.99. The molecular formula is C17H15ClO4. The van der Waals surface area contributed by atoms with Crippen LogP contribution in [0.5, 0.6) is 11.5 Å². The van der Waals surface area contributed by atoms with Crippen molar-refractivity contribution in [3.05, 3.63) is 64.7 Å². The Bertz CT molecular complexity index is 678. The summed E-state index contributed by atoms with van der Waals surface area (Å²) in [5, 5.41) is 9.32. The lowest BCUT2D eigenvalue weighted by molar-refractivity contribution is -0.131. The van der Waals surface area contributed by atoms with Gasteiger partial charge in [0.2, 0.25) is 0 Å². The molecule has 2 rings (SSSR count). The van der Waals surface area contributed by atoms with Crippen LogP contribution in [0.3, 0.4) is 0 Å². The van der Waals surface area contributed by atoms with E-state index in [0.29, 0.717) is 23.1 Å². The minimum atomic E-state index is -0.991. The number of carbonyl (C=O) groups is 1. The first kappa shape index (κ1) is 15.9. The third-order valence-corrected chi connectivity index (χ3v) is 3.18. The highest BCUT2D eigenvalue weighted by molar-refractivity contribution is 6.30. The minimum Gasteiger partial charge on any atom is -0.496 e. The van der Waals surface area contributed by atoms with E-state index in [-0.39, 0.29) is 0 Å². The van der Waals surface area contributed by atoms with Gasteiger partial charge < -0.3 is 14.6 Å². The van der Waals surface area contributed by atoms with Gasteiger partial charge in [0, 0.05) is 16.7 Å². The van der Waals surface area contributed by atoms with Crippen molar-refractivity contribution in [2.75, 3.05) is 7.11 Å². The number of hydrogen-bond donors (Lipinski definition) is 1. The molecule has 114 valence electrons. The van der Waals surface area contributed by atoms with Crippen molar-refractivity contribution in [2.24, 2.45) is 0 Å². The van der Waals surface area contributed by atoms with E-state index in [1.165, 1.54) is 6.08 Å². The molecule has 0 saturated heterocycles. The normalized spacial score (nSPS) is 10.6. The first-order valence-corrected chi connectivity index (χ1v) is 6.92. The molecule has 4 nitrogen and oxygen atoms in total. The van der Waals surface area contributed by atoms with Crippen LogP contribution in [0.25, 0.3) is 6.08 Å². The predicted octanol–water partition coefficient (Wildman–Crippen LogP) is 4.03. The first-order chi connectivity index (χ1) is 10.6. The molecule has 0 bridgehead atoms. The molecule has 1 N–H and O–H groups in total. The zero-order chi connectivity index (χ0) is 15.9. The second-order valence-corrected chi connectivity index (χ2v) is 4.92. The number of carboxylic acids is 1. The van der Waals surface area contributed by atoms with Crippen LogP contribution in [-0.4, -0.2) is 18.2 Å². The van der Waals surface area contributed by atoms with Crippen LogP contribution in [0, 0.1) is 0 Å². The number of ether oxygens (including phenoxy) is 2. The van der Waals surface area contributed by atoms with E-state index in [1.54, 1.807) is 43.5 Å². The summed E-state index contributed by atoms with van der Waals surface area (Å²) in [7, 11) is 1.58. The van der Waals surface area contributed by atoms with Crippen molar-refractivity contribution in [1.82, 2.24) is 0 Å². The predicted molar refractivity (Wildman–Crippen MR) is 85.4 cm³/mol. The van der Waals surface area contributed by atoms with Crippen LogP contribution in [-0.2, 0) is 11.4 Å². The Morgan fingerprint density at radius 1 is 1.23 bits per heavy atom. The van der Waals surface area contributed by atoms with Crippen molar-refractivity contribution < 1.29 is 19.4 Å². The molecule has 0 saturated carbocycles. The summed E-state index contributed by atoms with van der Waals surface area (Å²) >= 11 is 5.83. The number of methoxy groups -OCH3 is 1. The number of rotatable bonds is 6. The quantitative estimate of drug-likeness (QED) is 0.817. The summed E-state index contributed by atoms with van der Waals surface area (Å²) in [6, 6.07) is 12.5. The first-order valence-electron chi connectivity index (χ1n) is 6.55. The Morgan fingerprint density at radius 3 is 2.59 bits per heavy atom. The van der Waals surface area contributed by atoms with Crippen LogP contribution in [0.4, 0.5) is 0 Å². The Balaban J connectivity index is 2.15. The highest BCUT2D eigenvalue weighted by Crippen LogP contribution is 2.23. The average Bonchev–Trinajstić information content (AvgIpc) is 2.52. The number of carboxylic acid groups (broad SMARTS) is 1. The topological polar surface area (TPSA) is 55.8 Å². The third-order valence-electron chi connectivity index (χ3n) is 2.93. The third kappa shape index (κ3) is 4.53. The lowest BCUT2D eigenvalue weighted by atomic mass is 10.1. The second-order valence-electron chi connectivity index (χ2n) is 4.49. The minimum absolute atomic E-state index is 0.305. The van der Waals surface area contributed by atoms with Gasteiger partial charge in [0.1, 0.15) is 18.1 Å². The van der Waals surface area contributed by atoms with Crippen LogP contribution < -0.4 is 9.47 Å². The fourth-order valence-electron chi connectivity index (χ4n) is 1.87. The zero-order valence-electron chi connectivity index (χ0n) is 12.0. The molecule has 2 aromatic carbocycles. The van der Waals surface area contributed by atoms with Gasteiger partial charge in [0.05, 0.1) is 7.11 Å². The van der Waals surface area contributed by atoms with Gasteiger partial charge in [-0.1, -0.05) is 17.7 Å². The van der Waals surface area contributed by atoms with E-state index < -0.39 is 5.97 Å². The van der Waals surface area contributed by atoms with Gasteiger partial charge in [0.15, 0.2) is 0 Å². The maximum atomic E-state index is 10.6. The molecule has 5 heteroatoms. The number of benzene rings is 2. The summed E-state index contributed by atoms with van der Waals surface area (Å²) in [5.74, 6) is 0.383.